The first-order valence-corrected chi connectivity index (χ1v) is 7.43. The van der Waals surface area contributed by atoms with Gasteiger partial charge in [0.05, 0.1) is 11.0 Å². The summed E-state index contributed by atoms with van der Waals surface area (Å²) in [6, 6.07) is 6.06. The molecule has 0 saturated heterocycles. The first-order chi connectivity index (χ1) is 9.15. The van der Waals surface area contributed by atoms with E-state index >= 15 is 0 Å². The Bertz CT molecular complexity index is 548. The maximum Gasteiger partial charge on any atom is 0.111 e. The molecule has 0 bridgehead atoms. The molecule has 0 amide bonds. The molecule has 1 heterocycles. The smallest absolute Gasteiger partial charge is 0.111 e. The van der Waals surface area contributed by atoms with Gasteiger partial charge in [-0.1, -0.05) is 31.9 Å². The Kier molecular flexibility index (Phi) is 4.83. The number of fused-ring (bicyclic) bond motifs is 1. The van der Waals surface area contributed by atoms with Crippen molar-refractivity contribution in [3.63, 3.8) is 0 Å². The molecule has 3 nitrogen and oxygen atoms in total. The van der Waals surface area contributed by atoms with Crippen molar-refractivity contribution in [1.82, 2.24) is 9.55 Å². The molecule has 0 saturated carbocycles. The topological polar surface area (TPSA) is 43.8 Å². The lowest BCUT2D eigenvalue weighted by molar-refractivity contribution is 0.557. The lowest BCUT2D eigenvalue weighted by Gasteiger charge is -2.12. The maximum atomic E-state index is 6.15. The number of benzene rings is 1. The van der Waals surface area contributed by atoms with Crippen LogP contribution in [0.15, 0.2) is 18.2 Å². The van der Waals surface area contributed by atoms with Crippen molar-refractivity contribution < 1.29 is 0 Å². The van der Waals surface area contributed by atoms with Crippen LogP contribution in [0.4, 0.5) is 0 Å². The minimum absolute atomic E-state index is 0.188. The molecule has 0 aliphatic rings. The highest BCUT2D eigenvalue weighted by molar-refractivity contribution is 6.31. The molecule has 104 valence electrons. The van der Waals surface area contributed by atoms with Gasteiger partial charge in [0.2, 0.25) is 0 Å². The molecule has 0 fully saturated rings. The Morgan fingerprint density at radius 1 is 1.32 bits per heavy atom. The van der Waals surface area contributed by atoms with Gasteiger partial charge < -0.3 is 10.3 Å². The van der Waals surface area contributed by atoms with Gasteiger partial charge in [-0.3, -0.25) is 0 Å². The van der Waals surface area contributed by atoms with Crippen LogP contribution in [0.1, 0.15) is 38.9 Å². The van der Waals surface area contributed by atoms with Crippen LogP contribution in [-0.2, 0) is 13.0 Å². The summed E-state index contributed by atoms with van der Waals surface area (Å²) in [6.45, 7) is 5.30. The number of nitrogens with zero attached hydrogens (tertiary/aromatic N) is 2. The second-order valence-electron chi connectivity index (χ2n) is 5.07. The Morgan fingerprint density at radius 2 is 2.11 bits per heavy atom. The molecule has 1 atom stereocenters. The number of aryl methyl sites for hydroxylation is 1. The zero-order valence-electron chi connectivity index (χ0n) is 11.7. The van der Waals surface area contributed by atoms with Gasteiger partial charge in [-0.25, -0.2) is 4.98 Å². The molecule has 2 N–H and O–H groups in total. The number of rotatable bonds is 6. The highest BCUT2D eigenvalue weighted by Crippen LogP contribution is 2.22. The Morgan fingerprint density at radius 3 is 2.79 bits per heavy atom. The van der Waals surface area contributed by atoms with E-state index in [9.17, 15) is 0 Å². The van der Waals surface area contributed by atoms with Gasteiger partial charge in [0.25, 0.3) is 0 Å². The molecule has 0 aliphatic carbocycles. The number of hydrogen-bond donors (Lipinski definition) is 1. The number of hydrogen-bond acceptors (Lipinski definition) is 2. The van der Waals surface area contributed by atoms with E-state index in [4.69, 9.17) is 22.3 Å². The second kappa shape index (κ2) is 6.40. The summed E-state index contributed by atoms with van der Waals surface area (Å²) in [5.41, 5.74) is 8.28. The third-order valence-electron chi connectivity index (χ3n) is 3.34. The molecular formula is C15H22ClN3. The summed E-state index contributed by atoms with van der Waals surface area (Å²) in [6.07, 6.45) is 4.06. The van der Waals surface area contributed by atoms with Gasteiger partial charge in [-0.15, -0.1) is 0 Å². The van der Waals surface area contributed by atoms with Crippen molar-refractivity contribution in [3.05, 3.63) is 29.0 Å². The van der Waals surface area contributed by atoms with Crippen LogP contribution in [0.2, 0.25) is 5.02 Å². The van der Waals surface area contributed by atoms with Crippen LogP contribution in [0.3, 0.4) is 0 Å². The number of imidazole rings is 1. The van der Waals surface area contributed by atoms with Crippen molar-refractivity contribution in [2.45, 2.75) is 52.1 Å². The predicted octanol–water partition coefficient (Wildman–Crippen LogP) is 3.77. The highest BCUT2D eigenvalue weighted by Gasteiger charge is 2.13. The summed E-state index contributed by atoms with van der Waals surface area (Å²) in [5, 5.41) is 0.758. The monoisotopic (exact) mass is 279 g/mol. The minimum Gasteiger partial charge on any atom is -0.328 e. The van der Waals surface area contributed by atoms with E-state index in [2.05, 4.69) is 18.4 Å². The number of nitrogens with two attached hydrogens (primary N) is 1. The van der Waals surface area contributed by atoms with Gasteiger partial charge in [0.1, 0.15) is 5.82 Å². The molecule has 2 rings (SSSR count). The molecule has 0 spiro atoms. The third kappa shape index (κ3) is 3.28. The maximum absolute atomic E-state index is 6.15. The fourth-order valence-corrected chi connectivity index (χ4v) is 2.65. The number of aromatic nitrogens is 2. The Hall–Kier alpha value is -1.06. The van der Waals surface area contributed by atoms with Crippen molar-refractivity contribution >= 4 is 22.6 Å². The lowest BCUT2D eigenvalue weighted by Crippen LogP contribution is -2.24. The molecule has 1 aromatic carbocycles. The summed E-state index contributed by atoms with van der Waals surface area (Å²) in [7, 11) is 0. The van der Waals surface area contributed by atoms with Crippen molar-refractivity contribution in [2.75, 3.05) is 0 Å². The largest absolute Gasteiger partial charge is 0.328 e. The van der Waals surface area contributed by atoms with E-state index in [1.807, 2.05) is 18.2 Å². The SMILES string of the molecule is CCCC(N)Cc1nc2ccc(Cl)cc2n1CCC. The van der Waals surface area contributed by atoms with E-state index in [1.54, 1.807) is 0 Å². The molecule has 4 heteroatoms. The fraction of sp³-hybridized carbons (Fsp3) is 0.533. The molecule has 0 aliphatic heterocycles. The third-order valence-corrected chi connectivity index (χ3v) is 3.58. The fourth-order valence-electron chi connectivity index (χ4n) is 2.48. The van der Waals surface area contributed by atoms with Crippen molar-refractivity contribution in [2.24, 2.45) is 5.73 Å². The summed E-state index contributed by atoms with van der Waals surface area (Å²) in [4.78, 5) is 4.72. The van der Waals surface area contributed by atoms with Gasteiger partial charge in [-0.05, 0) is 31.0 Å². The zero-order valence-corrected chi connectivity index (χ0v) is 12.5. The normalized spacial score (nSPS) is 13.1. The first kappa shape index (κ1) is 14.4. The van der Waals surface area contributed by atoms with E-state index < -0.39 is 0 Å². The molecular weight excluding hydrogens is 258 g/mol. The van der Waals surface area contributed by atoms with Crippen LogP contribution in [0.5, 0.6) is 0 Å². The van der Waals surface area contributed by atoms with E-state index in [0.717, 1.165) is 54.1 Å². The van der Waals surface area contributed by atoms with Gasteiger partial charge in [0.15, 0.2) is 0 Å². The van der Waals surface area contributed by atoms with Crippen molar-refractivity contribution in [3.8, 4) is 0 Å². The Balaban J connectivity index is 2.38. The van der Waals surface area contributed by atoms with Crippen LogP contribution in [0, 0.1) is 0 Å². The average molecular weight is 280 g/mol. The molecule has 0 radical (unpaired) electrons. The first-order valence-electron chi connectivity index (χ1n) is 7.06. The quantitative estimate of drug-likeness (QED) is 0.875. The average Bonchev–Trinajstić information content (AvgIpc) is 2.68. The van der Waals surface area contributed by atoms with Gasteiger partial charge >= 0.3 is 0 Å². The number of halogens is 1. The predicted molar refractivity (Wildman–Crippen MR) is 81.6 cm³/mol. The van der Waals surface area contributed by atoms with Crippen LogP contribution >= 0.6 is 11.6 Å². The van der Waals surface area contributed by atoms with E-state index in [1.165, 1.54) is 0 Å². The summed E-state index contributed by atoms with van der Waals surface area (Å²) >= 11 is 6.09. The van der Waals surface area contributed by atoms with E-state index in [-0.39, 0.29) is 6.04 Å². The van der Waals surface area contributed by atoms with Gasteiger partial charge in [0, 0.05) is 24.0 Å². The van der Waals surface area contributed by atoms with Gasteiger partial charge in [-0.2, -0.15) is 0 Å². The van der Waals surface area contributed by atoms with E-state index in [0.29, 0.717) is 0 Å². The molecule has 19 heavy (non-hydrogen) atoms. The van der Waals surface area contributed by atoms with Crippen molar-refractivity contribution in [1.29, 1.82) is 0 Å². The van der Waals surface area contributed by atoms with Crippen LogP contribution in [0.25, 0.3) is 11.0 Å². The summed E-state index contributed by atoms with van der Waals surface area (Å²) in [5.74, 6) is 1.08. The van der Waals surface area contributed by atoms with Crippen LogP contribution in [-0.4, -0.2) is 15.6 Å². The minimum atomic E-state index is 0.188. The van der Waals surface area contributed by atoms with Crippen LogP contribution < -0.4 is 5.73 Å². The molecule has 2 aromatic rings. The molecule has 1 aromatic heterocycles. The Labute approximate surface area is 119 Å². The standard InChI is InChI=1S/C15H22ClN3/c1-3-5-12(17)10-15-18-13-7-6-11(16)9-14(13)19(15)8-4-2/h6-7,9,12H,3-5,8,10,17H2,1-2H3. The highest BCUT2D eigenvalue weighted by atomic mass is 35.5. The lowest BCUT2D eigenvalue weighted by atomic mass is 10.1. The zero-order chi connectivity index (χ0) is 13.8. The molecule has 1 unspecified atom stereocenters. The summed E-state index contributed by atoms with van der Waals surface area (Å²) < 4.78 is 2.26. The second-order valence-corrected chi connectivity index (χ2v) is 5.50.